The maximum Gasteiger partial charge on any atom is 0.321 e. The van der Waals surface area contributed by atoms with E-state index in [1.807, 2.05) is 13.8 Å². The largest absolute Gasteiger partial charge is 0.480 e. The molecule has 0 aromatic rings. The molecule has 1 atom stereocenters. The van der Waals surface area contributed by atoms with Gasteiger partial charge in [-0.15, -0.1) is 0 Å². The highest BCUT2D eigenvalue weighted by Gasteiger charge is 2.27. The number of carboxylic acid groups (broad SMARTS) is 1. The van der Waals surface area contributed by atoms with Gasteiger partial charge in [-0.05, 0) is 31.1 Å². The normalized spacial score (nSPS) is 19.5. The number of nitrogens with one attached hydrogen (secondary N) is 1. The molecule has 0 unspecified atom stereocenters. The van der Waals surface area contributed by atoms with Crippen LogP contribution in [0.2, 0.25) is 0 Å². The molecule has 0 heterocycles. The van der Waals surface area contributed by atoms with Crippen LogP contribution in [0, 0.1) is 11.8 Å². The molecule has 0 amide bonds. The van der Waals surface area contributed by atoms with Crippen LogP contribution in [0.3, 0.4) is 0 Å². The number of carboxylic acids is 1. The van der Waals surface area contributed by atoms with Gasteiger partial charge in [0.15, 0.2) is 0 Å². The third-order valence-corrected chi connectivity index (χ3v) is 5.06. The fourth-order valence-corrected chi connectivity index (χ4v) is 4.28. The van der Waals surface area contributed by atoms with Gasteiger partial charge in [0.05, 0.1) is 5.75 Å². The quantitative estimate of drug-likeness (QED) is 0.751. The molecule has 1 rings (SSSR count). The maximum absolute atomic E-state index is 12.0. The Morgan fingerprint density at radius 3 is 2.32 bits per heavy atom. The SMILES string of the molecule is CC(C)C[C@@H](NS(=O)(=O)CC1CCCCC1)C(=O)O. The van der Waals surface area contributed by atoms with Gasteiger partial charge >= 0.3 is 5.97 Å². The van der Waals surface area contributed by atoms with Gasteiger partial charge in [0.1, 0.15) is 6.04 Å². The van der Waals surface area contributed by atoms with Crippen molar-refractivity contribution in [3.63, 3.8) is 0 Å². The van der Waals surface area contributed by atoms with E-state index in [9.17, 15) is 13.2 Å². The molecule has 1 fully saturated rings. The summed E-state index contributed by atoms with van der Waals surface area (Å²) < 4.78 is 26.4. The van der Waals surface area contributed by atoms with Crippen LogP contribution in [0.1, 0.15) is 52.4 Å². The van der Waals surface area contributed by atoms with Crippen molar-refractivity contribution in [2.75, 3.05) is 5.75 Å². The Morgan fingerprint density at radius 2 is 1.84 bits per heavy atom. The number of aliphatic carboxylic acids is 1. The molecule has 0 aromatic carbocycles. The van der Waals surface area contributed by atoms with E-state index in [1.165, 1.54) is 6.42 Å². The predicted octanol–water partition coefficient (Wildman–Crippen LogP) is 1.99. The van der Waals surface area contributed by atoms with Crippen molar-refractivity contribution in [2.45, 2.75) is 58.4 Å². The van der Waals surface area contributed by atoms with Crippen LogP contribution in [0.15, 0.2) is 0 Å². The number of hydrogen-bond acceptors (Lipinski definition) is 3. The number of carbonyl (C=O) groups is 1. The van der Waals surface area contributed by atoms with Crippen molar-refractivity contribution in [2.24, 2.45) is 11.8 Å². The second-order valence-electron chi connectivity index (χ2n) is 5.92. The fraction of sp³-hybridized carbons (Fsp3) is 0.923. The van der Waals surface area contributed by atoms with Crippen LogP contribution >= 0.6 is 0 Å². The molecule has 112 valence electrons. The monoisotopic (exact) mass is 291 g/mol. The lowest BCUT2D eigenvalue weighted by Gasteiger charge is -2.23. The number of rotatable bonds is 7. The van der Waals surface area contributed by atoms with Crippen molar-refractivity contribution in [3.8, 4) is 0 Å². The zero-order valence-corrected chi connectivity index (χ0v) is 12.6. The molecule has 19 heavy (non-hydrogen) atoms. The van der Waals surface area contributed by atoms with Gasteiger partial charge in [0, 0.05) is 0 Å². The Morgan fingerprint density at radius 1 is 1.26 bits per heavy atom. The van der Waals surface area contributed by atoms with E-state index >= 15 is 0 Å². The minimum atomic E-state index is -3.50. The lowest BCUT2D eigenvalue weighted by Crippen LogP contribution is -2.43. The average molecular weight is 291 g/mol. The topological polar surface area (TPSA) is 83.5 Å². The Kier molecular flexibility index (Phi) is 6.26. The predicted molar refractivity (Wildman–Crippen MR) is 74.4 cm³/mol. The summed E-state index contributed by atoms with van der Waals surface area (Å²) in [5.74, 6) is -0.714. The van der Waals surface area contributed by atoms with Gasteiger partial charge in [0.2, 0.25) is 10.0 Å². The molecule has 1 saturated carbocycles. The molecule has 2 N–H and O–H groups in total. The Hall–Kier alpha value is -0.620. The van der Waals surface area contributed by atoms with Crippen molar-refractivity contribution in [1.82, 2.24) is 4.72 Å². The van der Waals surface area contributed by atoms with E-state index < -0.39 is 22.0 Å². The zero-order valence-electron chi connectivity index (χ0n) is 11.8. The Labute approximate surface area is 115 Å². The molecule has 0 bridgehead atoms. The van der Waals surface area contributed by atoms with Crippen LogP contribution in [0.4, 0.5) is 0 Å². The first-order valence-corrected chi connectivity index (χ1v) is 8.68. The standard InChI is InChI=1S/C13H25NO4S/c1-10(2)8-12(13(15)16)14-19(17,18)9-11-6-4-3-5-7-11/h10-12,14H,3-9H2,1-2H3,(H,15,16)/t12-/m1/s1. The summed E-state index contributed by atoms with van der Waals surface area (Å²) in [5.41, 5.74) is 0. The molecule has 5 nitrogen and oxygen atoms in total. The van der Waals surface area contributed by atoms with Crippen LogP contribution in [-0.4, -0.2) is 31.3 Å². The highest BCUT2D eigenvalue weighted by molar-refractivity contribution is 7.89. The Bertz CT molecular complexity index is 385. The van der Waals surface area contributed by atoms with E-state index in [0.717, 1.165) is 25.7 Å². The maximum atomic E-state index is 12.0. The third kappa shape index (κ3) is 6.38. The molecule has 1 aliphatic rings. The number of sulfonamides is 1. The molecule has 0 spiro atoms. The average Bonchev–Trinajstić information content (AvgIpc) is 2.27. The van der Waals surface area contributed by atoms with Gasteiger partial charge in [-0.2, -0.15) is 0 Å². The summed E-state index contributed by atoms with van der Waals surface area (Å²) in [7, 11) is -3.50. The van der Waals surface area contributed by atoms with Crippen LogP contribution in [-0.2, 0) is 14.8 Å². The smallest absolute Gasteiger partial charge is 0.321 e. The molecule has 0 radical (unpaired) electrons. The molecule has 0 aliphatic heterocycles. The summed E-state index contributed by atoms with van der Waals surface area (Å²) >= 11 is 0. The summed E-state index contributed by atoms with van der Waals surface area (Å²) in [6.07, 6.45) is 5.52. The van der Waals surface area contributed by atoms with Crippen LogP contribution in [0.5, 0.6) is 0 Å². The number of hydrogen-bond donors (Lipinski definition) is 2. The first-order chi connectivity index (χ1) is 8.80. The molecule has 6 heteroatoms. The first kappa shape index (κ1) is 16.4. The second-order valence-corrected chi connectivity index (χ2v) is 7.72. The summed E-state index contributed by atoms with van der Waals surface area (Å²) in [4.78, 5) is 11.1. The first-order valence-electron chi connectivity index (χ1n) is 7.03. The van der Waals surface area contributed by atoms with E-state index in [1.54, 1.807) is 0 Å². The summed E-state index contributed by atoms with van der Waals surface area (Å²) in [5, 5.41) is 9.06. The highest BCUT2D eigenvalue weighted by atomic mass is 32.2. The summed E-state index contributed by atoms with van der Waals surface area (Å²) in [6.45, 7) is 3.76. The van der Waals surface area contributed by atoms with Gasteiger partial charge in [-0.25, -0.2) is 13.1 Å². The minimum Gasteiger partial charge on any atom is -0.480 e. The van der Waals surface area contributed by atoms with Gasteiger partial charge in [0.25, 0.3) is 0 Å². The molecule has 0 saturated heterocycles. The van der Waals surface area contributed by atoms with Crippen molar-refractivity contribution >= 4 is 16.0 Å². The molecule has 1 aliphatic carbocycles. The second kappa shape index (κ2) is 7.24. The summed E-state index contributed by atoms with van der Waals surface area (Å²) in [6, 6.07) is -1.01. The molecule has 0 aromatic heterocycles. The fourth-order valence-electron chi connectivity index (χ4n) is 2.60. The minimum absolute atomic E-state index is 0.0644. The van der Waals surface area contributed by atoms with E-state index in [2.05, 4.69) is 4.72 Å². The van der Waals surface area contributed by atoms with Crippen LogP contribution in [0.25, 0.3) is 0 Å². The van der Waals surface area contributed by atoms with Gasteiger partial charge < -0.3 is 5.11 Å². The zero-order chi connectivity index (χ0) is 14.5. The van der Waals surface area contributed by atoms with E-state index in [0.29, 0.717) is 6.42 Å². The van der Waals surface area contributed by atoms with Crippen molar-refractivity contribution < 1.29 is 18.3 Å². The van der Waals surface area contributed by atoms with Gasteiger partial charge in [-0.1, -0.05) is 33.1 Å². The van der Waals surface area contributed by atoms with E-state index in [-0.39, 0.29) is 17.6 Å². The highest BCUT2D eigenvalue weighted by Crippen LogP contribution is 2.24. The lowest BCUT2D eigenvalue weighted by molar-refractivity contribution is -0.139. The molecular weight excluding hydrogens is 266 g/mol. The van der Waals surface area contributed by atoms with Crippen LogP contribution < -0.4 is 4.72 Å². The molecular formula is C13H25NO4S. The lowest BCUT2D eigenvalue weighted by atomic mass is 9.91. The van der Waals surface area contributed by atoms with Crippen molar-refractivity contribution in [3.05, 3.63) is 0 Å². The van der Waals surface area contributed by atoms with Gasteiger partial charge in [-0.3, -0.25) is 4.79 Å². The Balaban J connectivity index is 2.57. The van der Waals surface area contributed by atoms with E-state index in [4.69, 9.17) is 5.11 Å². The van der Waals surface area contributed by atoms with Crippen molar-refractivity contribution in [1.29, 1.82) is 0 Å². The third-order valence-electron chi connectivity index (χ3n) is 3.51.